The van der Waals surface area contributed by atoms with Crippen molar-refractivity contribution in [3.05, 3.63) is 64.7 Å². The summed E-state index contributed by atoms with van der Waals surface area (Å²) in [5, 5.41) is 12.2. The normalized spacial score (nSPS) is 21.0. The van der Waals surface area contributed by atoms with E-state index in [9.17, 15) is 14.9 Å². The van der Waals surface area contributed by atoms with Gasteiger partial charge in [0, 0.05) is 0 Å². The minimum atomic E-state index is -1.03. The zero-order valence-electron chi connectivity index (χ0n) is 15.0. The Morgan fingerprint density at radius 3 is 2.85 bits per heavy atom. The first-order chi connectivity index (χ1) is 13.1. The third kappa shape index (κ3) is 2.63. The maximum Gasteiger partial charge on any atom is 0.325 e. The number of methoxy groups -OCH3 is 1. The fraction of sp³-hybridized carbons (Fsp3) is 0.286. The summed E-state index contributed by atoms with van der Waals surface area (Å²) in [6.45, 7) is 0.0850. The number of carbonyl (C=O) groups excluding carboxylic acids is 2. The second-order valence-electron chi connectivity index (χ2n) is 6.87. The molecule has 4 rings (SSSR count). The average Bonchev–Trinajstić information content (AvgIpc) is 2.93. The Hall–Kier alpha value is -3.33. The molecule has 3 amide bonds. The molecule has 136 valence electrons. The van der Waals surface area contributed by atoms with Crippen molar-refractivity contribution in [3.8, 4) is 11.8 Å². The molecule has 0 bridgehead atoms. The molecule has 0 radical (unpaired) electrons. The summed E-state index contributed by atoms with van der Waals surface area (Å²) < 4.78 is 5.29. The van der Waals surface area contributed by atoms with Gasteiger partial charge in [0.1, 0.15) is 11.3 Å². The largest absolute Gasteiger partial charge is 0.497 e. The van der Waals surface area contributed by atoms with Crippen molar-refractivity contribution in [1.29, 1.82) is 5.26 Å². The van der Waals surface area contributed by atoms with E-state index in [4.69, 9.17) is 4.74 Å². The fourth-order valence-electron chi connectivity index (χ4n) is 4.06. The number of aryl methyl sites for hydroxylation is 1. The van der Waals surface area contributed by atoms with Gasteiger partial charge in [-0.2, -0.15) is 5.26 Å². The lowest BCUT2D eigenvalue weighted by molar-refractivity contribution is -0.132. The van der Waals surface area contributed by atoms with Crippen LogP contribution in [-0.2, 0) is 23.3 Å². The molecule has 27 heavy (non-hydrogen) atoms. The molecule has 1 saturated heterocycles. The highest BCUT2D eigenvalue weighted by molar-refractivity contribution is 6.07. The van der Waals surface area contributed by atoms with Gasteiger partial charge in [0.2, 0.25) is 0 Å². The average molecular weight is 361 g/mol. The molecule has 2 aromatic rings. The van der Waals surface area contributed by atoms with Gasteiger partial charge in [-0.1, -0.05) is 24.3 Å². The number of hydrogen-bond donors (Lipinski definition) is 1. The zero-order chi connectivity index (χ0) is 19.0. The van der Waals surface area contributed by atoms with Crippen molar-refractivity contribution >= 4 is 11.9 Å². The third-order valence-electron chi connectivity index (χ3n) is 5.41. The standard InChI is InChI=1S/C21H19N3O3/c1-27-17-8-9-18-14(11-17)7-4-10-21(18)19(25)24(20(26)23-21)13-16-6-3-2-5-15(16)12-22/h2-3,5-6,8-9,11H,4,7,10,13H2,1H3,(H,23,26)/t21-/m0/s1. The number of nitrogens with zero attached hydrogens (tertiary/aromatic N) is 2. The van der Waals surface area contributed by atoms with Gasteiger partial charge in [-0.05, 0) is 54.2 Å². The monoisotopic (exact) mass is 361 g/mol. The highest BCUT2D eigenvalue weighted by atomic mass is 16.5. The van der Waals surface area contributed by atoms with Gasteiger partial charge in [-0.3, -0.25) is 9.69 Å². The molecule has 0 saturated carbocycles. The van der Waals surface area contributed by atoms with Crippen LogP contribution in [0, 0.1) is 11.3 Å². The van der Waals surface area contributed by atoms with Crippen LogP contribution in [0.1, 0.15) is 35.1 Å². The fourth-order valence-corrected chi connectivity index (χ4v) is 4.06. The van der Waals surface area contributed by atoms with Crippen LogP contribution in [0.5, 0.6) is 5.75 Å². The molecule has 1 heterocycles. The predicted octanol–water partition coefficient (Wildman–Crippen LogP) is 2.85. The van der Waals surface area contributed by atoms with E-state index in [-0.39, 0.29) is 12.5 Å². The number of rotatable bonds is 3. The Morgan fingerprint density at radius 2 is 2.07 bits per heavy atom. The number of imide groups is 1. The van der Waals surface area contributed by atoms with Gasteiger partial charge in [-0.25, -0.2) is 4.79 Å². The van der Waals surface area contributed by atoms with Crippen molar-refractivity contribution in [2.45, 2.75) is 31.3 Å². The van der Waals surface area contributed by atoms with E-state index in [1.807, 2.05) is 18.2 Å². The number of fused-ring (bicyclic) bond motifs is 2. The molecule has 0 unspecified atom stereocenters. The van der Waals surface area contributed by atoms with Gasteiger partial charge in [0.25, 0.3) is 5.91 Å². The zero-order valence-corrected chi connectivity index (χ0v) is 15.0. The Kier molecular flexibility index (Phi) is 4.08. The number of hydrogen-bond acceptors (Lipinski definition) is 4. The molecule has 1 N–H and O–H groups in total. The Balaban J connectivity index is 1.71. The summed E-state index contributed by atoms with van der Waals surface area (Å²) in [6.07, 6.45) is 2.21. The molecule has 0 aromatic heterocycles. The molecular formula is C21H19N3O3. The molecule has 6 heteroatoms. The maximum absolute atomic E-state index is 13.3. The minimum absolute atomic E-state index is 0.0850. The Labute approximate surface area is 157 Å². The van der Waals surface area contributed by atoms with Crippen LogP contribution in [0.4, 0.5) is 4.79 Å². The number of nitrogens with one attached hydrogen (secondary N) is 1. The summed E-state index contributed by atoms with van der Waals surface area (Å²) in [6, 6.07) is 14.3. The number of amides is 3. The van der Waals surface area contributed by atoms with E-state index in [1.54, 1.807) is 31.4 Å². The number of ether oxygens (including phenoxy) is 1. The van der Waals surface area contributed by atoms with Gasteiger partial charge in [0.05, 0.1) is 25.3 Å². The number of benzene rings is 2. The van der Waals surface area contributed by atoms with Crippen molar-refractivity contribution in [2.75, 3.05) is 7.11 Å². The quantitative estimate of drug-likeness (QED) is 0.852. The molecule has 1 aliphatic heterocycles. The van der Waals surface area contributed by atoms with E-state index >= 15 is 0 Å². The molecule has 1 aliphatic carbocycles. The van der Waals surface area contributed by atoms with Gasteiger partial charge >= 0.3 is 6.03 Å². The van der Waals surface area contributed by atoms with Crippen molar-refractivity contribution in [1.82, 2.24) is 10.2 Å². The van der Waals surface area contributed by atoms with E-state index in [2.05, 4.69) is 11.4 Å². The maximum atomic E-state index is 13.3. The van der Waals surface area contributed by atoms with Gasteiger partial charge < -0.3 is 10.1 Å². The lowest BCUT2D eigenvalue weighted by Gasteiger charge is -2.33. The lowest BCUT2D eigenvalue weighted by atomic mass is 9.76. The first kappa shape index (κ1) is 17.1. The smallest absolute Gasteiger partial charge is 0.325 e. The highest BCUT2D eigenvalue weighted by Gasteiger charge is 2.53. The van der Waals surface area contributed by atoms with Crippen LogP contribution in [0.3, 0.4) is 0 Å². The number of carbonyl (C=O) groups is 2. The molecule has 6 nitrogen and oxygen atoms in total. The van der Waals surface area contributed by atoms with Crippen LogP contribution >= 0.6 is 0 Å². The van der Waals surface area contributed by atoms with E-state index in [1.165, 1.54) is 4.90 Å². The van der Waals surface area contributed by atoms with Crippen molar-refractivity contribution in [3.63, 3.8) is 0 Å². The van der Waals surface area contributed by atoms with E-state index in [0.717, 1.165) is 29.7 Å². The summed E-state index contributed by atoms with van der Waals surface area (Å²) in [5.41, 5.74) is 1.95. The van der Waals surface area contributed by atoms with Crippen LogP contribution in [0.15, 0.2) is 42.5 Å². The molecule has 1 fully saturated rings. The third-order valence-corrected chi connectivity index (χ3v) is 5.41. The summed E-state index contributed by atoms with van der Waals surface area (Å²) >= 11 is 0. The van der Waals surface area contributed by atoms with Gasteiger partial charge in [0.15, 0.2) is 0 Å². The number of nitriles is 1. The summed E-state index contributed by atoms with van der Waals surface area (Å²) in [7, 11) is 1.61. The second-order valence-corrected chi connectivity index (χ2v) is 6.87. The van der Waals surface area contributed by atoms with Crippen LogP contribution in [0.2, 0.25) is 0 Å². The number of urea groups is 1. The SMILES string of the molecule is COc1ccc2c(c1)CCC[C@]21NC(=O)N(Cc2ccccc2C#N)C1=O. The second kappa shape index (κ2) is 6.44. The topological polar surface area (TPSA) is 82.4 Å². The molecule has 1 atom stereocenters. The van der Waals surface area contributed by atoms with E-state index in [0.29, 0.717) is 17.5 Å². The molecule has 2 aromatic carbocycles. The van der Waals surface area contributed by atoms with Crippen LogP contribution in [0.25, 0.3) is 0 Å². The molecular weight excluding hydrogens is 342 g/mol. The molecule has 1 spiro atoms. The minimum Gasteiger partial charge on any atom is -0.497 e. The Bertz CT molecular complexity index is 979. The molecule has 2 aliphatic rings. The predicted molar refractivity (Wildman–Crippen MR) is 97.8 cm³/mol. The summed E-state index contributed by atoms with van der Waals surface area (Å²) in [4.78, 5) is 27.2. The van der Waals surface area contributed by atoms with Crippen LogP contribution < -0.4 is 10.1 Å². The lowest BCUT2D eigenvalue weighted by Crippen LogP contribution is -2.46. The first-order valence-electron chi connectivity index (χ1n) is 8.88. The Morgan fingerprint density at radius 1 is 1.26 bits per heavy atom. The van der Waals surface area contributed by atoms with Crippen LogP contribution in [-0.4, -0.2) is 23.9 Å². The van der Waals surface area contributed by atoms with Crippen molar-refractivity contribution in [2.24, 2.45) is 0 Å². The highest BCUT2D eigenvalue weighted by Crippen LogP contribution is 2.41. The van der Waals surface area contributed by atoms with E-state index < -0.39 is 11.6 Å². The first-order valence-corrected chi connectivity index (χ1v) is 8.88. The van der Waals surface area contributed by atoms with Crippen molar-refractivity contribution < 1.29 is 14.3 Å². The summed E-state index contributed by atoms with van der Waals surface area (Å²) in [5.74, 6) is 0.480. The van der Waals surface area contributed by atoms with Gasteiger partial charge in [-0.15, -0.1) is 0 Å².